The highest BCUT2D eigenvalue weighted by molar-refractivity contribution is 6.01. The fraction of sp³-hybridized carbons (Fsp3) is 0.280. The van der Waals surface area contributed by atoms with Gasteiger partial charge < -0.3 is 15.5 Å². The van der Waals surface area contributed by atoms with Crippen LogP contribution in [0, 0.1) is 12.7 Å². The van der Waals surface area contributed by atoms with Crippen LogP contribution in [-0.2, 0) is 17.9 Å². The van der Waals surface area contributed by atoms with Gasteiger partial charge in [0.1, 0.15) is 17.6 Å². The summed E-state index contributed by atoms with van der Waals surface area (Å²) in [6, 6.07) is 14.1. The maximum absolute atomic E-state index is 13.3. The van der Waals surface area contributed by atoms with E-state index in [-0.39, 0.29) is 11.6 Å². The molecule has 0 aliphatic carbocycles. The second kappa shape index (κ2) is 9.86. The van der Waals surface area contributed by atoms with Crippen molar-refractivity contribution < 1.29 is 18.8 Å². The number of nitrogens with one attached hydrogen (secondary N) is 2. The lowest BCUT2D eigenvalue weighted by Crippen LogP contribution is -2.41. The van der Waals surface area contributed by atoms with E-state index in [4.69, 9.17) is 0 Å². The number of carbonyl (C=O) groups excluding carboxylic acids is 3. The van der Waals surface area contributed by atoms with Crippen LogP contribution < -0.4 is 10.6 Å². The predicted octanol–water partition coefficient (Wildman–Crippen LogP) is 3.13. The third-order valence-corrected chi connectivity index (χ3v) is 5.64. The van der Waals surface area contributed by atoms with Crippen LogP contribution in [0.2, 0.25) is 0 Å². The summed E-state index contributed by atoms with van der Waals surface area (Å²) >= 11 is 0. The van der Waals surface area contributed by atoms with E-state index in [1.165, 1.54) is 31.2 Å². The van der Waals surface area contributed by atoms with E-state index in [2.05, 4.69) is 15.7 Å². The number of amides is 3. The lowest BCUT2D eigenvalue weighted by Gasteiger charge is -2.20. The van der Waals surface area contributed by atoms with Crippen molar-refractivity contribution in [3.8, 4) is 0 Å². The summed E-state index contributed by atoms with van der Waals surface area (Å²) in [4.78, 5) is 40.0. The largest absolute Gasteiger partial charge is 0.339 e. The minimum Gasteiger partial charge on any atom is -0.339 e. The van der Waals surface area contributed by atoms with Gasteiger partial charge in [0.25, 0.3) is 11.8 Å². The summed E-state index contributed by atoms with van der Waals surface area (Å²) in [6.07, 6.45) is 0.708. The normalized spacial score (nSPS) is 14.2. The SMILES string of the molecule is Cc1ccc(CN2CCCn3nc(C(=O)NC(C)C(=O)Nc4cccc(F)c4)cc3C2=O)cc1. The highest BCUT2D eigenvalue weighted by Crippen LogP contribution is 2.17. The van der Waals surface area contributed by atoms with E-state index in [9.17, 15) is 18.8 Å². The lowest BCUT2D eigenvalue weighted by molar-refractivity contribution is -0.117. The minimum atomic E-state index is -0.897. The molecule has 1 aliphatic heterocycles. The van der Waals surface area contributed by atoms with Crippen LogP contribution in [0.1, 0.15) is 45.4 Å². The van der Waals surface area contributed by atoms with Gasteiger partial charge >= 0.3 is 0 Å². The Morgan fingerprint density at radius 1 is 1.12 bits per heavy atom. The summed E-state index contributed by atoms with van der Waals surface area (Å²) in [7, 11) is 0. The van der Waals surface area contributed by atoms with E-state index >= 15 is 0 Å². The van der Waals surface area contributed by atoms with Crippen molar-refractivity contribution in [3.63, 3.8) is 0 Å². The molecule has 0 bridgehead atoms. The Hall–Kier alpha value is -4.01. The third-order valence-electron chi connectivity index (χ3n) is 5.64. The highest BCUT2D eigenvalue weighted by Gasteiger charge is 2.27. The van der Waals surface area contributed by atoms with Crippen LogP contribution in [0.4, 0.5) is 10.1 Å². The first-order valence-electron chi connectivity index (χ1n) is 11.1. The molecule has 3 amide bonds. The number of aromatic nitrogens is 2. The van der Waals surface area contributed by atoms with E-state index < -0.39 is 23.7 Å². The number of aryl methyl sites for hydroxylation is 2. The van der Waals surface area contributed by atoms with Crippen molar-refractivity contribution in [2.75, 3.05) is 11.9 Å². The zero-order valence-corrected chi connectivity index (χ0v) is 19.0. The van der Waals surface area contributed by atoms with Gasteiger partial charge in [-0.3, -0.25) is 19.1 Å². The number of nitrogens with zero attached hydrogens (tertiary/aromatic N) is 3. The Morgan fingerprint density at radius 2 is 1.88 bits per heavy atom. The molecule has 34 heavy (non-hydrogen) atoms. The number of rotatable bonds is 6. The first-order valence-corrected chi connectivity index (χ1v) is 11.1. The Morgan fingerprint density at radius 3 is 2.62 bits per heavy atom. The number of carbonyl (C=O) groups is 3. The number of hydrogen-bond donors (Lipinski definition) is 2. The average Bonchev–Trinajstić information content (AvgIpc) is 3.18. The molecule has 1 atom stereocenters. The third kappa shape index (κ3) is 5.31. The molecule has 0 fully saturated rings. The van der Waals surface area contributed by atoms with Crippen molar-refractivity contribution >= 4 is 23.4 Å². The van der Waals surface area contributed by atoms with Crippen LogP contribution >= 0.6 is 0 Å². The van der Waals surface area contributed by atoms with E-state index in [1.807, 2.05) is 31.2 Å². The van der Waals surface area contributed by atoms with Gasteiger partial charge in [-0.15, -0.1) is 0 Å². The Kier molecular flexibility index (Phi) is 6.72. The van der Waals surface area contributed by atoms with Gasteiger partial charge in [-0.05, 0) is 44.0 Å². The molecule has 3 aromatic rings. The first kappa shape index (κ1) is 23.2. The molecule has 9 heteroatoms. The molecule has 2 aromatic carbocycles. The summed E-state index contributed by atoms with van der Waals surface area (Å²) < 4.78 is 14.9. The Labute approximate surface area is 196 Å². The number of hydrogen-bond acceptors (Lipinski definition) is 4. The van der Waals surface area contributed by atoms with E-state index in [1.54, 1.807) is 15.6 Å². The summed E-state index contributed by atoms with van der Waals surface area (Å²) in [5, 5.41) is 9.44. The van der Waals surface area contributed by atoms with Crippen molar-refractivity contribution in [2.45, 2.75) is 39.4 Å². The highest BCUT2D eigenvalue weighted by atomic mass is 19.1. The van der Waals surface area contributed by atoms with Crippen molar-refractivity contribution in [1.82, 2.24) is 20.0 Å². The smallest absolute Gasteiger partial charge is 0.272 e. The van der Waals surface area contributed by atoms with Crippen LogP contribution in [0.5, 0.6) is 0 Å². The number of halogens is 1. The molecule has 0 saturated carbocycles. The van der Waals surface area contributed by atoms with Gasteiger partial charge in [0.2, 0.25) is 5.91 Å². The maximum Gasteiger partial charge on any atom is 0.272 e. The number of benzene rings is 2. The quantitative estimate of drug-likeness (QED) is 0.587. The number of anilines is 1. The molecule has 0 radical (unpaired) electrons. The van der Waals surface area contributed by atoms with E-state index in [0.29, 0.717) is 37.4 Å². The zero-order valence-electron chi connectivity index (χ0n) is 19.0. The Balaban J connectivity index is 1.42. The van der Waals surface area contributed by atoms with Gasteiger partial charge in [-0.25, -0.2) is 4.39 Å². The second-order valence-electron chi connectivity index (χ2n) is 8.40. The Bertz CT molecular complexity index is 1220. The lowest BCUT2D eigenvalue weighted by atomic mass is 10.1. The molecule has 8 nitrogen and oxygen atoms in total. The maximum atomic E-state index is 13.3. The number of fused-ring (bicyclic) bond motifs is 1. The summed E-state index contributed by atoms with van der Waals surface area (Å²) in [6.45, 7) is 5.10. The van der Waals surface area contributed by atoms with Gasteiger partial charge in [0, 0.05) is 31.4 Å². The molecule has 2 N–H and O–H groups in total. The molecular weight excluding hydrogens is 437 g/mol. The van der Waals surface area contributed by atoms with Crippen molar-refractivity contribution in [2.24, 2.45) is 0 Å². The molecule has 1 aliphatic rings. The molecule has 0 spiro atoms. The van der Waals surface area contributed by atoms with E-state index in [0.717, 1.165) is 11.1 Å². The minimum absolute atomic E-state index is 0.0611. The first-order chi connectivity index (χ1) is 16.3. The predicted molar refractivity (Wildman–Crippen MR) is 125 cm³/mol. The topological polar surface area (TPSA) is 96.3 Å². The van der Waals surface area contributed by atoms with Crippen LogP contribution in [0.15, 0.2) is 54.6 Å². The molecule has 2 heterocycles. The molecule has 4 rings (SSSR count). The zero-order chi connectivity index (χ0) is 24.2. The summed E-state index contributed by atoms with van der Waals surface area (Å²) in [5.41, 5.74) is 2.87. The standard InChI is InChI=1S/C25H26FN5O3/c1-16-7-9-18(10-8-16)15-30-11-4-12-31-22(25(30)34)14-21(29-31)24(33)27-17(2)23(32)28-20-6-3-5-19(26)13-20/h3,5-10,13-14,17H,4,11-12,15H2,1-2H3,(H,27,33)(H,28,32). The fourth-order valence-electron chi connectivity index (χ4n) is 3.76. The van der Waals surface area contributed by atoms with Gasteiger partial charge in [0.15, 0.2) is 5.69 Å². The van der Waals surface area contributed by atoms with Gasteiger partial charge in [-0.1, -0.05) is 35.9 Å². The molecule has 176 valence electrons. The molecule has 1 unspecified atom stereocenters. The molecular formula is C25H26FN5O3. The van der Waals surface area contributed by atoms with Crippen molar-refractivity contribution in [3.05, 3.63) is 82.9 Å². The van der Waals surface area contributed by atoms with Crippen LogP contribution in [0.25, 0.3) is 0 Å². The molecule has 1 aromatic heterocycles. The average molecular weight is 464 g/mol. The molecule has 0 saturated heterocycles. The van der Waals surface area contributed by atoms with Crippen LogP contribution in [0.3, 0.4) is 0 Å². The summed E-state index contributed by atoms with van der Waals surface area (Å²) in [5.74, 6) is -1.74. The van der Waals surface area contributed by atoms with Crippen molar-refractivity contribution in [1.29, 1.82) is 0 Å². The van der Waals surface area contributed by atoms with Crippen LogP contribution in [-0.4, -0.2) is 45.0 Å². The fourth-order valence-corrected chi connectivity index (χ4v) is 3.76. The van der Waals surface area contributed by atoms with Gasteiger partial charge in [-0.2, -0.15) is 5.10 Å². The monoisotopic (exact) mass is 463 g/mol. The van der Waals surface area contributed by atoms with Gasteiger partial charge in [0.05, 0.1) is 0 Å². The second-order valence-corrected chi connectivity index (χ2v) is 8.40.